The second-order valence-electron chi connectivity index (χ2n) is 4.80. The van der Waals surface area contributed by atoms with E-state index in [2.05, 4.69) is 20.5 Å². The van der Waals surface area contributed by atoms with E-state index < -0.39 is 0 Å². The molecule has 1 fully saturated rings. The number of morpholine rings is 1. The molecule has 2 heterocycles. The highest BCUT2D eigenvalue weighted by Crippen LogP contribution is 2.23. The lowest BCUT2D eigenvalue weighted by Crippen LogP contribution is -2.45. The van der Waals surface area contributed by atoms with E-state index in [0.717, 1.165) is 11.6 Å². The van der Waals surface area contributed by atoms with Gasteiger partial charge in [-0.1, -0.05) is 0 Å². The number of thiazole rings is 1. The van der Waals surface area contributed by atoms with Crippen LogP contribution in [0.25, 0.3) is 0 Å². The Kier molecular flexibility index (Phi) is 6.09. The third-order valence-corrected chi connectivity index (χ3v) is 3.93. The van der Waals surface area contributed by atoms with E-state index in [9.17, 15) is 9.59 Å². The molecule has 116 valence electrons. The molecule has 0 aliphatic carbocycles. The minimum Gasteiger partial charge on any atom is -0.368 e. The molecule has 7 nitrogen and oxygen atoms in total. The summed E-state index contributed by atoms with van der Waals surface area (Å²) < 4.78 is 5.69. The zero-order valence-electron chi connectivity index (χ0n) is 12.0. The Bertz CT molecular complexity index is 466. The number of ether oxygens (including phenoxy) is 1. The van der Waals surface area contributed by atoms with Gasteiger partial charge in [-0.05, 0) is 0 Å². The van der Waals surface area contributed by atoms with Crippen molar-refractivity contribution in [2.75, 3.05) is 39.3 Å². The number of hydrogen-bond donors (Lipinski definition) is 2. The summed E-state index contributed by atoms with van der Waals surface area (Å²) >= 11 is 1.57. The van der Waals surface area contributed by atoms with E-state index in [1.165, 1.54) is 6.92 Å². The number of carbonyl (C=O) groups is 2. The Balaban J connectivity index is 1.69. The number of hydrogen-bond acceptors (Lipinski definition) is 6. The summed E-state index contributed by atoms with van der Waals surface area (Å²) in [6.07, 6.45) is 1.71. The quantitative estimate of drug-likeness (QED) is 0.709. The molecule has 2 rings (SSSR count). The SMILES string of the molecule is CC(=O)NCCNC(=O)CN1CCOC(c2nccs2)C1. The zero-order valence-corrected chi connectivity index (χ0v) is 12.8. The van der Waals surface area contributed by atoms with Gasteiger partial charge in [-0.15, -0.1) is 11.3 Å². The van der Waals surface area contributed by atoms with Crippen molar-refractivity contribution in [2.45, 2.75) is 13.0 Å². The largest absolute Gasteiger partial charge is 0.368 e. The minimum atomic E-state index is -0.0938. The molecule has 2 amide bonds. The Morgan fingerprint density at radius 3 is 3.00 bits per heavy atom. The van der Waals surface area contributed by atoms with Crippen LogP contribution in [0, 0.1) is 0 Å². The summed E-state index contributed by atoms with van der Waals surface area (Å²) in [5, 5.41) is 8.29. The van der Waals surface area contributed by atoms with Gasteiger partial charge in [0.1, 0.15) is 11.1 Å². The van der Waals surface area contributed by atoms with Gasteiger partial charge in [-0.25, -0.2) is 4.98 Å². The molecule has 1 aliphatic heterocycles. The predicted octanol–water partition coefficient (Wildman–Crippen LogP) is -0.231. The second kappa shape index (κ2) is 8.06. The number of amides is 2. The fraction of sp³-hybridized carbons (Fsp3) is 0.615. The molecule has 1 aromatic rings. The molecule has 1 saturated heterocycles. The molecule has 8 heteroatoms. The van der Waals surface area contributed by atoms with Crippen molar-refractivity contribution in [1.82, 2.24) is 20.5 Å². The Labute approximate surface area is 127 Å². The molecule has 1 aromatic heterocycles. The Morgan fingerprint density at radius 2 is 2.29 bits per heavy atom. The van der Waals surface area contributed by atoms with Crippen molar-refractivity contribution in [3.63, 3.8) is 0 Å². The van der Waals surface area contributed by atoms with Crippen molar-refractivity contribution in [3.05, 3.63) is 16.6 Å². The zero-order chi connectivity index (χ0) is 15.1. The smallest absolute Gasteiger partial charge is 0.234 e. The van der Waals surface area contributed by atoms with Crippen LogP contribution in [0.15, 0.2) is 11.6 Å². The van der Waals surface area contributed by atoms with Crippen molar-refractivity contribution >= 4 is 23.2 Å². The molecular weight excluding hydrogens is 292 g/mol. The third kappa shape index (κ3) is 5.41. The van der Waals surface area contributed by atoms with E-state index >= 15 is 0 Å². The van der Waals surface area contributed by atoms with Gasteiger partial charge < -0.3 is 15.4 Å². The number of aromatic nitrogens is 1. The fourth-order valence-electron chi connectivity index (χ4n) is 2.09. The number of carbonyl (C=O) groups excluding carboxylic acids is 2. The van der Waals surface area contributed by atoms with Gasteiger partial charge >= 0.3 is 0 Å². The van der Waals surface area contributed by atoms with Gasteiger partial charge in [0.05, 0.1) is 13.2 Å². The standard InChI is InChI=1S/C13H20N4O3S/c1-10(18)14-2-3-15-12(19)9-17-5-6-20-11(8-17)13-16-4-7-21-13/h4,7,11H,2-3,5-6,8-9H2,1H3,(H,14,18)(H,15,19). The van der Waals surface area contributed by atoms with Crippen molar-refractivity contribution < 1.29 is 14.3 Å². The fourth-order valence-corrected chi connectivity index (χ4v) is 2.77. The monoisotopic (exact) mass is 312 g/mol. The lowest BCUT2D eigenvalue weighted by atomic mass is 10.3. The highest BCUT2D eigenvalue weighted by atomic mass is 32.1. The average Bonchev–Trinajstić information content (AvgIpc) is 2.98. The normalized spacial score (nSPS) is 19.2. The first-order chi connectivity index (χ1) is 10.1. The summed E-state index contributed by atoms with van der Waals surface area (Å²) in [7, 11) is 0. The van der Waals surface area contributed by atoms with Crippen LogP contribution in [-0.4, -0.2) is 61.0 Å². The van der Waals surface area contributed by atoms with E-state index in [4.69, 9.17) is 4.74 Å². The van der Waals surface area contributed by atoms with Gasteiger partial charge in [0.25, 0.3) is 0 Å². The van der Waals surface area contributed by atoms with Crippen LogP contribution < -0.4 is 10.6 Å². The van der Waals surface area contributed by atoms with Gasteiger partial charge in [0.2, 0.25) is 11.8 Å². The Morgan fingerprint density at radius 1 is 1.48 bits per heavy atom. The lowest BCUT2D eigenvalue weighted by Gasteiger charge is -2.31. The molecule has 0 radical (unpaired) electrons. The van der Waals surface area contributed by atoms with Crippen LogP contribution in [0.2, 0.25) is 0 Å². The average molecular weight is 312 g/mol. The molecule has 21 heavy (non-hydrogen) atoms. The summed E-state index contributed by atoms with van der Waals surface area (Å²) in [4.78, 5) is 28.8. The predicted molar refractivity (Wildman–Crippen MR) is 78.9 cm³/mol. The van der Waals surface area contributed by atoms with Crippen LogP contribution in [0.1, 0.15) is 18.0 Å². The second-order valence-corrected chi connectivity index (χ2v) is 5.72. The lowest BCUT2D eigenvalue weighted by molar-refractivity contribution is -0.124. The molecule has 1 atom stereocenters. The van der Waals surface area contributed by atoms with Crippen molar-refractivity contribution in [1.29, 1.82) is 0 Å². The molecule has 1 aliphatic rings. The van der Waals surface area contributed by atoms with E-state index in [1.54, 1.807) is 17.5 Å². The van der Waals surface area contributed by atoms with E-state index in [1.807, 2.05) is 5.38 Å². The highest BCUT2D eigenvalue weighted by Gasteiger charge is 2.24. The number of nitrogens with zero attached hydrogens (tertiary/aromatic N) is 2. The van der Waals surface area contributed by atoms with Crippen LogP contribution in [0.4, 0.5) is 0 Å². The van der Waals surface area contributed by atoms with Crippen LogP contribution in [-0.2, 0) is 14.3 Å². The molecule has 2 N–H and O–H groups in total. The van der Waals surface area contributed by atoms with Crippen LogP contribution in [0.5, 0.6) is 0 Å². The first-order valence-electron chi connectivity index (χ1n) is 6.89. The molecule has 0 spiro atoms. The summed E-state index contributed by atoms with van der Waals surface area (Å²) in [6.45, 7) is 4.70. The number of nitrogens with one attached hydrogen (secondary N) is 2. The van der Waals surface area contributed by atoms with Crippen LogP contribution >= 0.6 is 11.3 Å². The molecule has 1 unspecified atom stereocenters. The molecular formula is C13H20N4O3S. The summed E-state index contributed by atoms with van der Waals surface area (Å²) in [5.74, 6) is -0.135. The first-order valence-corrected chi connectivity index (χ1v) is 7.77. The third-order valence-electron chi connectivity index (χ3n) is 3.07. The van der Waals surface area contributed by atoms with Crippen molar-refractivity contribution in [3.8, 4) is 0 Å². The van der Waals surface area contributed by atoms with Crippen LogP contribution in [0.3, 0.4) is 0 Å². The van der Waals surface area contributed by atoms with E-state index in [-0.39, 0.29) is 17.9 Å². The molecule has 0 aromatic carbocycles. The van der Waals surface area contributed by atoms with Gasteiger partial charge in [0, 0.05) is 44.7 Å². The maximum atomic E-state index is 11.8. The summed E-state index contributed by atoms with van der Waals surface area (Å²) in [6, 6.07) is 0. The van der Waals surface area contributed by atoms with Crippen molar-refractivity contribution in [2.24, 2.45) is 0 Å². The molecule has 0 saturated carbocycles. The highest BCUT2D eigenvalue weighted by molar-refractivity contribution is 7.09. The topological polar surface area (TPSA) is 83.6 Å². The van der Waals surface area contributed by atoms with Gasteiger partial charge in [-0.2, -0.15) is 0 Å². The maximum Gasteiger partial charge on any atom is 0.234 e. The van der Waals surface area contributed by atoms with E-state index in [0.29, 0.717) is 32.8 Å². The Hall–Kier alpha value is -1.51. The number of rotatable bonds is 6. The minimum absolute atomic E-state index is 0.0415. The van der Waals surface area contributed by atoms with Gasteiger partial charge in [0.15, 0.2) is 0 Å². The maximum absolute atomic E-state index is 11.8. The first kappa shape index (κ1) is 15.9. The summed E-state index contributed by atoms with van der Waals surface area (Å²) in [5.41, 5.74) is 0. The molecule has 0 bridgehead atoms. The van der Waals surface area contributed by atoms with Gasteiger partial charge in [-0.3, -0.25) is 14.5 Å².